The van der Waals surface area contributed by atoms with E-state index in [1.807, 2.05) is 0 Å². The summed E-state index contributed by atoms with van der Waals surface area (Å²) in [5, 5.41) is 11.2. The number of nitro benzene ring substituents is 1. The van der Waals surface area contributed by atoms with Crippen molar-refractivity contribution in [3.63, 3.8) is 0 Å². The van der Waals surface area contributed by atoms with Crippen molar-refractivity contribution >= 4 is 23.2 Å². The summed E-state index contributed by atoms with van der Waals surface area (Å²) in [6.07, 6.45) is 2.94. The number of carbonyl (C=O) groups excluding carboxylic acids is 1. The van der Waals surface area contributed by atoms with Crippen LogP contribution in [0.3, 0.4) is 0 Å². The number of anilines is 1. The van der Waals surface area contributed by atoms with Gasteiger partial charge in [0.2, 0.25) is 6.79 Å². The summed E-state index contributed by atoms with van der Waals surface area (Å²) >= 11 is 0. The van der Waals surface area contributed by atoms with Crippen LogP contribution in [-0.4, -0.2) is 31.6 Å². The lowest BCUT2D eigenvalue weighted by Crippen LogP contribution is -2.10. The van der Waals surface area contributed by atoms with Gasteiger partial charge in [0.25, 0.3) is 5.69 Å². The summed E-state index contributed by atoms with van der Waals surface area (Å²) in [5.74, 6) is 0.915. The van der Waals surface area contributed by atoms with Gasteiger partial charge in [0.1, 0.15) is 5.69 Å². The molecule has 1 heterocycles. The molecular formula is C18H16N2O5. The lowest BCUT2D eigenvalue weighted by Gasteiger charge is -2.12. The van der Waals surface area contributed by atoms with Gasteiger partial charge in [-0.2, -0.15) is 0 Å². The van der Waals surface area contributed by atoms with Crippen molar-refractivity contribution in [2.24, 2.45) is 0 Å². The Morgan fingerprint density at radius 3 is 2.64 bits per heavy atom. The maximum absolute atomic E-state index is 12.3. The molecule has 7 heteroatoms. The number of fused-ring (bicyclic) bond motifs is 1. The predicted molar refractivity (Wildman–Crippen MR) is 93.4 cm³/mol. The molecule has 0 N–H and O–H groups in total. The highest BCUT2D eigenvalue weighted by Crippen LogP contribution is 2.33. The van der Waals surface area contributed by atoms with Crippen LogP contribution in [0.5, 0.6) is 11.5 Å². The summed E-state index contributed by atoms with van der Waals surface area (Å²) < 4.78 is 10.5. The second-order valence-electron chi connectivity index (χ2n) is 5.67. The zero-order valence-electron chi connectivity index (χ0n) is 13.8. The number of ether oxygens (including phenoxy) is 2. The van der Waals surface area contributed by atoms with Crippen LogP contribution in [-0.2, 0) is 0 Å². The van der Waals surface area contributed by atoms with Crippen molar-refractivity contribution in [1.29, 1.82) is 0 Å². The fourth-order valence-electron chi connectivity index (χ4n) is 2.49. The second kappa shape index (κ2) is 6.64. The first-order valence-corrected chi connectivity index (χ1v) is 7.53. The molecule has 0 spiro atoms. The summed E-state index contributed by atoms with van der Waals surface area (Å²) in [5.41, 5.74) is 1.53. The second-order valence-corrected chi connectivity index (χ2v) is 5.67. The Morgan fingerprint density at radius 2 is 1.92 bits per heavy atom. The number of benzene rings is 2. The van der Waals surface area contributed by atoms with Gasteiger partial charge in [0, 0.05) is 25.7 Å². The van der Waals surface area contributed by atoms with E-state index in [2.05, 4.69) is 0 Å². The number of nitrogens with zero attached hydrogens (tertiary/aromatic N) is 2. The first kappa shape index (κ1) is 16.5. The molecule has 0 saturated heterocycles. The number of allylic oxidation sites excluding steroid dienone is 1. The SMILES string of the molecule is CN(C)c1ccc(C=CC(=O)c2ccc3c(c2)OCO3)cc1[N+](=O)[O-]. The number of hydrogen-bond acceptors (Lipinski definition) is 6. The van der Waals surface area contributed by atoms with Crippen LogP contribution in [0.1, 0.15) is 15.9 Å². The molecular weight excluding hydrogens is 324 g/mol. The fourth-order valence-corrected chi connectivity index (χ4v) is 2.49. The van der Waals surface area contributed by atoms with Crippen LogP contribution < -0.4 is 14.4 Å². The van der Waals surface area contributed by atoms with Crippen LogP contribution in [0, 0.1) is 10.1 Å². The third-order valence-electron chi connectivity index (χ3n) is 3.76. The highest BCUT2D eigenvalue weighted by Gasteiger charge is 2.16. The van der Waals surface area contributed by atoms with E-state index in [9.17, 15) is 14.9 Å². The summed E-state index contributed by atoms with van der Waals surface area (Å²) in [6.45, 7) is 0.144. The van der Waals surface area contributed by atoms with Crippen LogP contribution in [0.15, 0.2) is 42.5 Å². The van der Waals surface area contributed by atoms with Crippen LogP contribution in [0.2, 0.25) is 0 Å². The number of ketones is 1. The molecule has 0 aromatic heterocycles. The van der Waals surface area contributed by atoms with E-state index in [0.29, 0.717) is 28.3 Å². The third-order valence-corrected chi connectivity index (χ3v) is 3.76. The summed E-state index contributed by atoms with van der Waals surface area (Å²) in [6, 6.07) is 9.78. The van der Waals surface area contributed by atoms with Gasteiger partial charge in [-0.3, -0.25) is 14.9 Å². The Bertz CT molecular complexity index is 874. The first-order chi connectivity index (χ1) is 12.0. The largest absolute Gasteiger partial charge is 0.454 e. The van der Waals surface area contributed by atoms with Gasteiger partial charge < -0.3 is 14.4 Å². The van der Waals surface area contributed by atoms with E-state index >= 15 is 0 Å². The molecule has 0 aliphatic carbocycles. The smallest absolute Gasteiger partial charge is 0.293 e. The zero-order valence-corrected chi connectivity index (χ0v) is 13.8. The Balaban J connectivity index is 1.83. The molecule has 3 rings (SSSR count). The maximum Gasteiger partial charge on any atom is 0.293 e. The Kier molecular flexibility index (Phi) is 4.38. The van der Waals surface area contributed by atoms with Crippen molar-refractivity contribution in [3.8, 4) is 11.5 Å². The van der Waals surface area contributed by atoms with Crippen molar-refractivity contribution in [3.05, 3.63) is 63.7 Å². The van der Waals surface area contributed by atoms with E-state index in [4.69, 9.17) is 9.47 Å². The van der Waals surface area contributed by atoms with Gasteiger partial charge in [0.15, 0.2) is 17.3 Å². The molecule has 0 atom stereocenters. The van der Waals surface area contributed by atoms with Gasteiger partial charge in [0.05, 0.1) is 4.92 Å². The summed E-state index contributed by atoms with van der Waals surface area (Å²) in [7, 11) is 3.47. The Labute approximate surface area is 144 Å². The minimum absolute atomic E-state index is 0.0114. The number of hydrogen-bond donors (Lipinski definition) is 0. The van der Waals surface area contributed by atoms with E-state index in [1.54, 1.807) is 55.4 Å². The number of rotatable bonds is 5. The van der Waals surface area contributed by atoms with Gasteiger partial charge in [-0.1, -0.05) is 12.1 Å². The highest BCUT2D eigenvalue weighted by atomic mass is 16.7. The van der Waals surface area contributed by atoms with E-state index in [1.165, 1.54) is 12.1 Å². The molecule has 1 aliphatic rings. The average molecular weight is 340 g/mol. The molecule has 25 heavy (non-hydrogen) atoms. The first-order valence-electron chi connectivity index (χ1n) is 7.53. The minimum atomic E-state index is -0.438. The third kappa shape index (κ3) is 3.45. The predicted octanol–water partition coefficient (Wildman–Crippen LogP) is 3.29. The molecule has 0 amide bonds. The van der Waals surface area contributed by atoms with Gasteiger partial charge >= 0.3 is 0 Å². The number of carbonyl (C=O) groups is 1. The normalized spacial score (nSPS) is 12.4. The van der Waals surface area contributed by atoms with Crippen LogP contribution in [0.4, 0.5) is 11.4 Å². The quantitative estimate of drug-likeness (QED) is 0.359. The molecule has 0 saturated carbocycles. The van der Waals surface area contributed by atoms with Crippen molar-refractivity contribution in [2.45, 2.75) is 0 Å². The van der Waals surface area contributed by atoms with E-state index < -0.39 is 4.92 Å². The molecule has 0 radical (unpaired) electrons. The molecule has 0 bridgehead atoms. The van der Waals surface area contributed by atoms with Gasteiger partial charge in [-0.25, -0.2) is 0 Å². The molecule has 128 valence electrons. The van der Waals surface area contributed by atoms with Gasteiger partial charge in [-0.15, -0.1) is 0 Å². The molecule has 7 nitrogen and oxygen atoms in total. The van der Waals surface area contributed by atoms with Crippen molar-refractivity contribution in [1.82, 2.24) is 0 Å². The van der Waals surface area contributed by atoms with E-state index in [-0.39, 0.29) is 18.3 Å². The number of nitro groups is 1. The standard InChI is InChI=1S/C18H16N2O5/c1-19(2)14-6-3-12(9-15(14)20(22)23)4-7-16(21)13-5-8-17-18(10-13)25-11-24-17/h3-10H,11H2,1-2H3. The highest BCUT2D eigenvalue weighted by molar-refractivity contribution is 6.07. The zero-order chi connectivity index (χ0) is 18.0. The monoisotopic (exact) mass is 340 g/mol. The van der Waals surface area contributed by atoms with Crippen LogP contribution in [0.25, 0.3) is 6.08 Å². The summed E-state index contributed by atoms with van der Waals surface area (Å²) in [4.78, 5) is 24.7. The molecule has 0 unspecified atom stereocenters. The minimum Gasteiger partial charge on any atom is -0.454 e. The van der Waals surface area contributed by atoms with Crippen molar-refractivity contribution in [2.75, 3.05) is 25.8 Å². The van der Waals surface area contributed by atoms with Crippen molar-refractivity contribution < 1.29 is 19.2 Å². The lowest BCUT2D eigenvalue weighted by molar-refractivity contribution is -0.384. The van der Waals surface area contributed by atoms with E-state index in [0.717, 1.165) is 0 Å². The topological polar surface area (TPSA) is 81.9 Å². The molecule has 0 fully saturated rings. The Morgan fingerprint density at radius 1 is 1.16 bits per heavy atom. The molecule has 1 aliphatic heterocycles. The lowest BCUT2D eigenvalue weighted by atomic mass is 10.1. The van der Waals surface area contributed by atoms with Crippen LogP contribution >= 0.6 is 0 Å². The molecule has 2 aromatic carbocycles. The Hall–Kier alpha value is -3.35. The maximum atomic E-state index is 12.3. The average Bonchev–Trinajstić information content (AvgIpc) is 3.06. The van der Waals surface area contributed by atoms with Gasteiger partial charge in [-0.05, 0) is 35.9 Å². The molecule has 2 aromatic rings. The fraction of sp³-hybridized carbons (Fsp3) is 0.167.